The van der Waals surface area contributed by atoms with Crippen LogP contribution in [0.1, 0.15) is 24.9 Å². The maximum Gasteiger partial charge on any atom is 0.0482 e. The lowest BCUT2D eigenvalue weighted by Crippen LogP contribution is -2.42. The molecule has 1 heterocycles. The summed E-state index contributed by atoms with van der Waals surface area (Å²) >= 11 is 5.75. The van der Waals surface area contributed by atoms with Crippen LogP contribution in [0.25, 0.3) is 0 Å². The van der Waals surface area contributed by atoms with Crippen LogP contribution in [0, 0.1) is 0 Å². The Morgan fingerprint density at radius 3 is 2.94 bits per heavy atom. The van der Waals surface area contributed by atoms with Crippen LogP contribution in [-0.4, -0.2) is 35.5 Å². The van der Waals surface area contributed by atoms with Crippen LogP contribution < -0.4 is 5.73 Å². The predicted octanol–water partition coefficient (Wildman–Crippen LogP) is 3.28. The number of nitrogens with two attached hydrogens (primary N) is 1. The van der Waals surface area contributed by atoms with E-state index in [9.17, 15) is 0 Å². The van der Waals surface area contributed by atoms with Gasteiger partial charge in [-0.3, -0.25) is 4.90 Å². The van der Waals surface area contributed by atoms with E-state index in [0.717, 1.165) is 18.3 Å². The second kappa shape index (κ2) is 6.94. The molecule has 100 valence electrons. The molecule has 1 fully saturated rings. The van der Waals surface area contributed by atoms with E-state index < -0.39 is 0 Å². The predicted molar refractivity (Wildman–Crippen MR) is 84.0 cm³/mol. The van der Waals surface area contributed by atoms with E-state index in [2.05, 4.69) is 63.8 Å². The molecule has 2 atom stereocenters. The summed E-state index contributed by atoms with van der Waals surface area (Å²) in [7, 11) is 0. The molecule has 1 aliphatic rings. The van der Waals surface area contributed by atoms with Gasteiger partial charge in [-0.15, -0.1) is 0 Å². The fourth-order valence-corrected chi connectivity index (χ4v) is 4.25. The molecule has 2 rings (SSSR count). The van der Waals surface area contributed by atoms with Crippen LogP contribution in [0.5, 0.6) is 0 Å². The molecule has 0 spiro atoms. The van der Waals surface area contributed by atoms with E-state index in [1.54, 1.807) is 0 Å². The van der Waals surface area contributed by atoms with Crippen molar-refractivity contribution in [1.29, 1.82) is 0 Å². The molecule has 1 aromatic carbocycles. The van der Waals surface area contributed by atoms with Crippen molar-refractivity contribution in [3.63, 3.8) is 0 Å². The van der Waals surface area contributed by atoms with Crippen LogP contribution in [-0.2, 0) is 0 Å². The summed E-state index contributed by atoms with van der Waals surface area (Å²) in [5.74, 6) is 1.22. The molecule has 0 amide bonds. The smallest absolute Gasteiger partial charge is 0.0482 e. The minimum Gasteiger partial charge on any atom is -0.329 e. The third kappa shape index (κ3) is 3.29. The highest BCUT2D eigenvalue weighted by molar-refractivity contribution is 9.10. The third-order valence-corrected chi connectivity index (χ3v) is 5.65. The van der Waals surface area contributed by atoms with Crippen molar-refractivity contribution < 1.29 is 0 Å². The van der Waals surface area contributed by atoms with Crippen LogP contribution >= 0.6 is 27.7 Å². The Morgan fingerprint density at radius 2 is 2.28 bits per heavy atom. The highest BCUT2D eigenvalue weighted by Gasteiger charge is 2.26. The molecule has 2 N–H and O–H groups in total. The molecule has 2 unspecified atom stereocenters. The molecular weight excluding hydrogens is 308 g/mol. The normalized spacial score (nSPS) is 22.9. The van der Waals surface area contributed by atoms with Gasteiger partial charge in [-0.1, -0.05) is 41.1 Å². The zero-order chi connectivity index (χ0) is 13.0. The summed E-state index contributed by atoms with van der Waals surface area (Å²) in [5, 5.41) is 0.760. The molecule has 0 radical (unpaired) electrons. The highest BCUT2D eigenvalue weighted by atomic mass is 79.9. The number of hydrogen-bond acceptors (Lipinski definition) is 3. The van der Waals surface area contributed by atoms with Gasteiger partial charge >= 0.3 is 0 Å². The summed E-state index contributed by atoms with van der Waals surface area (Å²) in [4.78, 5) is 2.55. The molecule has 1 aliphatic heterocycles. The van der Waals surface area contributed by atoms with Gasteiger partial charge in [0.15, 0.2) is 0 Å². The molecule has 2 nitrogen and oxygen atoms in total. The van der Waals surface area contributed by atoms with E-state index in [-0.39, 0.29) is 0 Å². The second-order valence-corrected chi connectivity index (χ2v) is 6.93. The average molecular weight is 329 g/mol. The Bertz CT molecular complexity index is 386. The first-order chi connectivity index (χ1) is 8.76. The SMILES string of the molecule is CCC1CN(C(CN)c2ccccc2Br)CCS1. The highest BCUT2D eigenvalue weighted by Crippen LogP contribution is 2.31. The first-order valence-electron chi connectivity index (χ1n) is 6.56. The molecule has 0 aromatic heterocycles. The zero-order valence-electron chi connectivity index (χ0n) is 10.8. The lowest BCUT2D eigenvalue weighted by atomic mass is 10.0. The van der Waals surface area contributed by atoms with Crippen molar-refractivity contribution in [2.75, 3.05) is 25.4 Å². The Kier molecular flexibility index (Phi) is 5.55. The first-order valence-corrected chi connectivity index (χ1v) is 8.40. The number of thioether (sulfide) groups is 1. The molecule has 0 aliphatic carbocycles. The van der Waals surface area contributed by atoms with Gasteiger partial charge < -0.3 is 5.73 Å². The molecule has 1 aromatic rings. The summed E-state index contributed by atoms with van der Waals surface area (Å²) < 4.78 is 1.17. The van der Waals surface area contributed by atoms with Crippen LogP contribution in [0.2, 0.25) is 0 Å². The van der Waals surface area contributed by atoms with Gasteiger partial charge in [0.2, 0.25) is 0 Å². The van der Waals surface area contributed by atoms with Gasteiger partial charge in [0.1, 0.15) is 0 Å². The summed E-state index contributed by atoms with van der Waals surface area (Å²) in [5.41, 5.74) is 7.34. The first kappa shape index (κ1) is 14.4. The van der Waals surface area contributed by atoms with Crippen molar-refractivity contribution in [3.8, 4) is 0 Å². The van der Waals surface area contributed by atoms with E-state index >= 15 is 0 Å². The molecule has 0 saturated carbocycles. The van der Waals surface area contributed by atoms with E-state index in [1.165, 1.54) is 22.2 Å². The Hall–Kier alpha value is -0.0300. The fourth-order valence-electron chi connectivity index (χ4n) is 2.49. The summed E-state index contributed by atoms with van der Waals surface area (Å²) in [6.45, 7) is 5.26. The maximum atomic E-state index is 6.02. The number of nitrogens with zero attached hydrogens (tertiary/aromatic N) is 1. The number of rotatable bonds is 4. The molecule has 18 heavy (non-hydrogen) atoms. The van der Waals surface area contributed by atoms with Gasteiger partial charge in [0.05, 0.1) is 0 Å². The van der Waals surface area contributed by atoms with Gasteiger partial charge in [0.25, 0.3) is 0 Å². The maximum absolute atomic E-state index is 6.02. The Morgan fingerprint density at radius 1 is 1.50 bits per heavy atom. The van der Waals surface area contributed by atoms with E-state index in [4.69, 9.17) is 5.73 Å². The fraction of sp³-hybridized carbons (Fsp3) is 0.571. The second-order valence-electron chi connectivity index (χ2n) is 4.67. The Labute approximate surface area is 122 Å². The standard InChI is InChI=1S/C14H21BrN2S/c1-2-11-10-17(7-8-18-11)14(9-16)12-5-3-4-6-13(12)15/h3-6,11,14H,2,7-10,16H2,1H3. The van der Waals surface area contributed by atoms with Crippen LogP contribution in [0.3, 0.4) is 0 Å². The van der Waals surface area contributed by atoms with Crippen molar-refractivity contribution in [1.82, 2.24) is 4.90 Å². The quantitative estimate of drug-likeness (QED) is 0.919. The molecule has 4 heteroatoms. The lowest BCUT2D eigenvalue weighted by Gasteiger charge is -2.37. The van der Waals surface area contributed by atoms with Crippen LogP contribution in [0.15, 0.2) is 28.7 Å². The van der Waals surface area contributed by atoms with Crippen molar-refractivity contribution in [2.45, 2.75) is 24.6 Å². The number of halogens is 1. The minimum absolute atomic E-state index is 0.343. The lowest BCUT2D eigenvalue weighted by molar-refractivity contribution is 0.207. The minimum atomic E-state index is 0.343. The molecule has 1 saturated heterocycles. The van der Waals surface area contributed by atoms with E-state index in [1.807, 2.05) is 0 Å². The van der Waals surface area contributed by atoms with Crippen molar-refractivity contribution >= 4 is 27.7 Å². The van der Waals surface area contributed by atoms with Gasteiger partial charge in [-0.2, -0.15) is 11.8 Å². The van der Waals surface area contributed by atoms with Gasteiger partial charge in [-0.25, -0.2) is 0 Å². The van der Waals surface area contributed by atoms with Gasteiger partial charge in [0, 0.05) is 41.2 Å². The average Bonchev–Trinajstić information content (AvgIpc) is 2.42. The van der Waals surface area contributed by atoms with Gasteiger partial charge in [-0.05, 0) is 18.1 Å². The molecular formula is C14H21BrN2S. The number of hydrogen-bond donors (Lipinski definition) is 1. The van der Waals surface area contributed by atoms with Crippen molar-refractivity contribution in [2.24, 2.45) is 5.73 Å². The topological polar surface area (TPSA) is 29.3 Å². The monoisotopic (exact) mass is 328 g/mol. The zero-order valence-corrected chi connectivity index (χ0v) is 13.2. The number of benzene rings is 1. The summed E-state index contributed by atoms with van der Waals surface area (Å²) in [6, 6.07) is 8.79. The third-order valence-electron chi connectivity index (χ3n) is 3.55. The van der Waals surface area contributed by atoms with E-state index in [0.29, 0.717) is 12.6 Å². The van der Waals surface area contributed by atoms with Crippen molar-refractivity contribution in [3.05, 3.63) is 34.3 Å². The Balaban J connectivity index is 2.15. The summed E-state index contributed by atoms with van der Waals surface area (Å²) in [6.07, 6.45) is 1.24. The van der Waals surface area contributed by atoms with Crippen LogP contribution in [0.4, 0.5) is 0 Å². The largest absolute Gasteiger partial charge is 0.329 e. The molecule has 0 bridgehead atoms.